The van der Waals surface area contributed by atoms with Gasteiger partial charge in [-0.2, -0.15) is 0 Å². The smallest absolute Gasteiger partial charge is 0.326 e. The topological polar surface area (TPSA) is 69.6 Å². The Morgan fingerprint density at radius 3 is 2.45 bits per heavy atom. The highest BCUT2D eigenvalue weighted by Gasteiger charge is 2.25. The van der Waals surface area contributed by atoms with Crippen LogP contribution in [0, 0.1) is 18.6 Å². The van der Waals surface area contributed by atoms with Crippen molar-refractivity contribution >= 4 is 17.7 Å². The number of amides is 2. The first-order valence-corrected chi connectivity index (χ1v) is 6.00. The summed E-state index contributed by atoms with van der Waals surface area (Å²) in [6, 6.07) is -0.0350. The Hall–Kier alpha value is -2.18. The third-order valence-corrected chi connectivity index (χ3v) is 2.95. The molecule has 5 nitrogen and oxygen atoms in total. The Morgan fingerprint density at radius 2 is 1.95 bits per heavy atom. The van der Waals surface area contributed by atoms with E-state index in [1.54, 1.807) is 6.92 Å². The number of carbonyl (C=O) groups excluding carboxylic acids is 1. The van der Waals surface area contributed by atoms with Crippen LogP contribution in [0.1, 0.15) is 18.9 Å². The molecule has 0 bridgehead atoms. The van der Waals surface area contributed by atoms with Gasteiger partial charge in [0.25, 0.3) is 0 Å². The summed E-state index contributed by atoms with van der Waals surface area (Å²) in [6.07, 6.45) is 0.198. The Morgan fingerprint density at radius 1 is 1.35 bits per heavy atom. The van der Waals surface area contributed by atoms with Gasteiger partial charge in [0.2, 0.25) is 0 Å². The molecule has 0 aliphatic rings. The number of carboxylic acids is 1. The summed E-state index contributed by atoms with van der Waals surface area (Å²) in [5.74, 6) is -2.61. The predicted octanol–water partition coefficient (Wildman–Crippen LogP) is 2.60. The molecule has 2 amide bonds. The van der Waals surface area contributed by atoms with Crippen molar-refractivity contribution in [1.82, 2.24) is 4.90 Å². The number of aryl methyl sites for hydroxylation is 1. The zero-order valence-corrected chi connectivity index (χ0v) is 11.4. The number of rotatable bonds is 4. The summed E-state index contributed by atoms with van der Waals surface area (Å²) in [6.45, 7) is 3.00. The van der Waals surface area contributed by atoms with Crippen LogP contribution in [-0.2, 0) is 4.79 Å². The second kappa shape index (κ2) is 6.31. The molecular formula is C13H16F2N2O3. The van der Waals surface area contributed by atoms with Gasteiger partial charge < -0.3 is 15.3 Å². The van der Waals surface area contributed by atoms with Crippen molar-refractivity contribution in [3.63, 3.8) is 0 Å². The molecule has 1 atom stereocenters. The van der Waals surface area contributed by atoms with Crippen molar-refractivity contribution in [2.45, 2.75) is 26.3 Å². The Kier molecular flexibility index (Phi) is 5.01. The molecule has 1 rings (SSSR count). The molecule has 0 saturated heterocycles. The minimum absolute atomic E-state index is 0.117. The first-order chi connectivity index (χ1) is 9.27. The Bertz CT molecular complexity index is 535. The molecule has 0 spiro atoms. The lowest BCUT2D eigenvalue weighted by atomic mass is 10.2. The number of hydrogen-bond donors (Lipinski definition) is 2. The van der Waals surface area contributed by atoms with Crippen LogP contribution in [-0.4, -0.2) is 35.1 Å². The second-order valence-electron chi connectivity index (χ2n) is 4.38. The molecule has 0 aromatic heterocycles. The molecule has 1 aromatic carbocycles. The monoisotopic (exact) mass is 286 g/mol. The molecule has 110 valence electrons. The molecule has 1 unspecified atom stereocenters. The summed E-state index contributed by atoms with van der Waals surface area (Å²) in [5, 5.41) is 11.1. The quantitative estimate of drug-likeness (QED) is 0.893. The van der Waals surface area contributed by atoms with Gasteiger partial charge in [-0.25, -0.2) is 18.4 Å². The number of likely N-dealkylation sites (N-methyl/N-ethyl adjacent to an activating group) is 1. The summed E-state index contributed by atoms with van der Waals surface area (Å²) < 4.78 is 26.9. The van der Waals surface area contributed by atoms with E-state index < -0.39 is 29.7 Å². The molecular weight excluding hydrogens is 270 g/mol. The minimum Gasteiger partial charge on any atom is -0.480 e. The normalized spacial score (nSPS) is 11.8. The van der Waals surface area contributed by atoms with Gasteiger partial charge in [0.15, 0.2) is 0 Å². The molecule has 7 heteroatoms. The van der Waals surface area contributed by atoms with Crippen LogP contribution in [0.4, 0.5) is 19.3 Å². The van der Waals surface area contributed by atoms with Crippen molar-refractivity contribution in [2.24, 2.45) is 0 Å². The lowest BCUT2D eigenvalue weighted by Crippen LogP contribution is -2.44. The van der Waals surface area contributed by atoms with Crippen LogP contribution < -0.4 is 5.32 Å². The third kappa shape index (κ3) is 3.43. The maximum Gasteiger partial charge on any atom is 0.326 e. The Balaban J connectivity index is 2.90. The molecule has 0 radical (unpaired) electrons. The standard InChI is InChI=1S/C13H16F2N2O3/c1-4-11(12(18)19)17(3)13(20)16-10-6-8(14)7(2)5-9(10)15/h5-6,11H,4H2,1-3H3,(H,16,20)(H,18,19). The van der Waals surface area contributed by atoms with Crippen LogP contribution in [0.15, 0.2) is 12.1 Å². The highest BCUT2D eigenvalue weighted by molar-refractivity contribution is 5.92. The van der Waals surface area contributed by atoms with E-state index in [0.29, 0.717) is 0 Å². The summed E-state index contributed by atoms with van der Waals surface area (Å²) in [4.78, 5) is 23.7. The lowest BCUT2D eigenvalue weighted by molar-refractivity contribution is -0.141. The van der Waals surface area contributed by atoms with Crippen LogP contribution in [0.25, 0.3) is 0 Å². The SMILES string of the molecule is CCC(C(=O)O)N(C)C(=O)Nc1cc(F)c(C)cc1F. The number of nitrogens with zero attached hydrogens (tertiary/aromatic N) is 1. The summed E-state index contributed by atoms with van der Waals surface area (Å²) in [5.41, 5.74) is -0.212. The first kappa shape index (κ1) is 15.9. The molecule has 0 saturated carbocycles. The number of hydrogen-bond acceptors (Lipinski definition) is 2. The van der Waals surface area contributed by atoms with E-state index in [4.69, 9.17) is 5.11 Å². The fourth-order valence-electron chi connectivity index (χ4n) is 1.70. The number of aliphatic carboxylic acids is 1. The highest BCUT2D eigenvalue weighted by Crippen LogP contribution is 2.19. The lowest BCUT2D eigenvalue weighted by Gasteiger charge is -2.24. The van der Waals surface area contributed by atoms with E-state index in [1.165, 1.54) is 14.0 Å². The van der Waals surface area contributed by atoms with Crippen LogP contribution in [0.2, 0.25) is 0 Å². The number of urea groups is 1. The maximum absolute atomic E-state index is 13.6. The van der Waals surface area contributed by atoms with Crippen molar-refractivity contribution in [2.75, 3.05) is 12.4 Å². The average Bonchev–Trinajstić information content (AvgIpc) is 2.36. The molecule has 1 aromatic rings. The van der Waals surface area contributed by atoms with Gasteiger partial charge in [-0.3, -0.25) is 0 Å². The largest absolute Gasteiger partial charge is 0.480 e. The van der Waals surface area contributed by atoms with Gasteiger partial charge in [-0.1, -0.05) is 6.92 Å². The average molecular weight is 286 g/mol. The molecule has 0 heterocycles. The molecule has 0 aliphatic carbocycles. The molecule has 2 N–H and O–H groups in total. The van der Waals surface area contributed by atoms with E-state index in [-0.39, 0.29) is 17.7 Å². The molecule has 0 fully saturated rings. The van der Waals surface area contributed by atoms with E-state index in [2.05, 4.69) is 5.32 Å². The van der Waals surface area contributed by atoms with E-state index in [1.807, 2.05) is 0 Å². The fourth-order valence-corrected chi connectivity index (χ4v) is 1.70. The zero-order valence-electron chi connectivity index (χ0n) is 11.4. The maximum atomic E-state index is 13.6. The predicted molar refractivity (Wildman–Crippen MR) is 69.6 cm³/mol. The van der Waals surface area contributed by atoms with E-state index in [0.717, 1.165) is 17.0 Å². The number of anilines is 1. The van der Waals surface area contributed by atoms with E-state index >= 15 is 0 Å². The van der Waals surface area contributed by atoms with Crippen molar-refractivity contribution < 1.29 is 23.5 Å². The third-order valence-electron chi connectivity index (χ3n) is 2.95. The fraction of sp³-hybridized carbons (Fsp3) is 0.385. The van der Waals surface area contributed by atoms with E-state index in [9.17, 15) is 18.4 Å². The number of carbonyl (C=O) groups is 2. The number of halogens is 2. The number of benzene rings is 1. The van der Waals surface area contributed by atoms with Gasteiger partial charge >= 0.3 is 12.0 Å². The Labute approximate surface area is 115 Å². The summed E-state index contributed by atoms with van der Waals surface area (Å²) in [7, 11) is 1.28. The molecule has 20 heavy (non-hydrogen) atoms. The minimum atomic E-state index is -1.17. The van der Waals surface area contributed by atoms with Crippen LogP contribution >= 0.6 is 0 Å². The highest BCUT2D eigenvalue weighted by atomic mass is 19.1. The van der Waals surface area contributed by atoms with Gasteiger partial charge in [-0.15, -0.1) is 0 Å². The van der Waals surface area contributed by atoms with Crippen molar-refractivity contribution in [3.05, 3.63) is 29.3 Å². The van der Waals surface area contributed by atoms with Crippen molar-refractivity contribution in [1.29, 1.82) is 0 Å². The van der Waals surface area contributed by atoms with Crippen LogP contribution in [0.3, 0.4) is 0 Å². The van der Waals surface area contributed by atoms with Gasteiger partial charge in [0.1, 0.15) is 17.7 Å². The van der Waals surface area contributed by atoms with Crippen LogP contribution in [0.5, 0.6) is 0 Å². The first-order valence-electron chi connectivity index (χ1n) is 6.00. The molecule has 0 aliphatic heterocycles. The zero-order chi connectivity index (χ0) is 15.4. The number of carboxylic acid groups (broad SMARTS) is 1. The van der Waals surface area contributed by atoms with Crippen molar-refractivity contribution in [3.8, 4) is 0 Å². The van der Waals surface area contributed by atoms with Gasteiger partial charge in [-0.05, 0) is 25.0 Å². The number of nitrogens with one attached hydrogen (secondary N) is 1. The van der Waals surface area contributed by atoms with Gasteiger partial charge in [0, 0.05) is 13.1 Å². The summed E-state index contributed by atoms with van der Waals surface area (Å²) >= 11 is 0. The van der Waals surface area contributed by atoms with Gasteiger partial charge in [0.05, 0.1) is 5.69 Å². The second-order valence-corrected chi connectivity index (χ2v) is 4.38.